The standard InChI is InChI=1S/C16H23N3O2/c1-11(19-15(20)18-5)12(2)21-14-9-7-6-8-13(14)16(3,4)10-17/h6-9,11-12H,1-5H3,(H2,18,19,20). The zero-order valence-corrected chi connectivity index (χ0v) is 13.2. The molecule has 2 atom stereocenters. The second kappa shape index (κ2) is 6.98. The molecule has 114 valence electrons. The number of carbonyl (C=O) groups excluding carboxylic acids is 1. The van der Waals surface area contributed by atoms with Gasteiger partial charge in [-0.15, -0.1) is 0 Å². The third kappa shape index (κ3) is 4.38. The predicted octanol–water partition coefficient (Wildman–Crippen LogP) is 2.57. The Labute approximate surface area is 126 Å². The van der Waals surface area contributed by atoms with Gasteiger partial charge in [0.2, 0.25) is 0 Å². The molecule has 0 aromatic heterocycles. The summed E-state index contributed by atoms with van der Waals surface area (Å²) < 4.78 is 5.95. The number of amides is 2. The van der Waals surface area contributed by atoms with Crippen molar-refractivity contribution in [3.8, 4) is 11.8 Å². The molecule has 1 aromatic carbocycles. The van der Waals surface area contributed by atoms with Crippen LogP contribution in [0.25, 0.3) is 0 Å². The maximum Gasteiger partial charge on any atom is 0.314 e. The van der Waals surface area contributed by atoms with Crippen molar-refractivity contribution < 1.29 is 9.53 Å². The van der Waals surface area contributed by atoms with Gasteiger partial charge in [-0.3, -0.25) is 0 Å². The van der Waals surface area contributed by atoms with Crippen LogP contribution in [-0.2, 0) is 5.41 Å². The lowest BCUT2D eigenvalue weighted by atomic mass is 9.86. The van der Waals surface area contributed by atoms with Crippen LogP contribution in [0.1, 0.15) is 33.3 Å². The molecule has 0 spiro atoms. The van der Waals surface area contributed by atoms with E-state index in [1.165, 1.54) is 0 Å². The number of carbonyl (C=O) groups is 1. The molecule has 2 N–H and O–H groups in total. The van der Waals surface area contributed by atoms with Gasteiger partial charge in [0.25, 0.3) is 0 Å². The summed E-state index contributed by atoms with van der Waals surface area (Å²) in [6.07, 6.45) is -0.224. The van der Waals surface area contributed by atoms with E-state index < -0.39 is 5.41 Å². The molecule has 1 aromatic rings. The number of benzene rings is 1. The lowest BCUT2D eigenvalue weighted by molar-refractivity contribution is 0.173. The Balaban J connectivity index is 2.89. The highest BCUT2D eigenvalue weighted by atomic mass is 16.5. The van der Waals surface area contributed by atoms with Gasteiger partial charge in [0, 0.05) is 12.6 Å². The van der Waals surface area contributed by atoms with Crippen LogP contribution >= 0.6 is 0 Å². The van der Waals surface area contributed by atoms with Gasteiger partial charge in [-0.25, -0.2) is 4.79 Å². The highest BCUT2D eigenvalue weighted by Gasteiger charge is 2.25. The molecule has 0 bridgehead atoms. The van der Waals surface area contributed by atoms with Gasteiger partial charge in [0.05, 0.1) is 17.5 Å². The number of hydrogen-bond acceptors (Lipinski definition) is 3. The SMILES string of the molecule is CNC(=O)NC(C)C(C)Oc1ccccc1C(C)(C)C#N. The summed E-state index contributed by atoms with van der Waals surface area (Å²) in [4.78, 5) is 11.3. The highest BCUT2D eigenvalue weighted by molar-refractivity contribution is 5.73. The number of hydrogen-bond donors (Lipinski definition) is 2. The first-order valence-electron chi connectivity index (χ1n) is 6.97. The van der Waals surface area contributed by atoms with Gasteiger partial charge in [0.1, 0.15) is 11.9 Å². The van der Waals surface area contributed by atoms with Crippen LogP contribution < -0.4 is 15.4 Å². The molecule has 0 saturated heterocycles. The molecule has 0 fully saturated rings. The lowest BCUT2D eigenvalue weighted by Gasteiger charge is -2.26. The zero-order chi connectivity index (χ0) is 16.0. The number of rotatable bonds is 5. The van der Waals surface area contributed by atoms with Gasteiger partial charge in [-0.05, 0) is 33.8 Å². The van der Waals surface area contributed by atoms with Crippen LogP contribution in [0.4, 0.5) is 4.79 Å². The van der Waals surface area contributed by atoms with Crippen LogP contribution in [-0.4, -0.2) is 25.2 Å². The first-order valence-corrected chi connectivity index (χ1v) is 6.97. The number of para-hydroxylation sites is 1. The Morgan fingerprint density at radius 3 is 2.52 bits per heavy atom. The zero-order valence-electron chi connectivity index (χ0n) is 13.2. The van der Waals surface area contributed by atoms with Gasteiger partial charge in [-0.2, -0.15) is 5.26 Å². The molecule has 0 saturated carbocycles. The van der Waals surface area contributed by atoms with E-state index in [-0.39, 0.29) is 18.2 Å². The molecule has 0 aliphatic heterocycles. The van der Waals surface area contributed by atoms with E-state index in [0.717, 1.165) is 5.56 Å². The van der Waals surface area contributed by atoms with Crippen molar-refractivity contribution in [3.05, 3.63) is 29.8 Å². The molecule has 0 heterocycles. The summed E-state index contributed by atoms with van der Waals surface area (Å²) >= 11 is 0. The quantitative estimate of drug-likeness (QED) is 0.875. The third-order valence-corrected chi connectivity index (χ3v) is 3.44. The summed E-state index contributed by atoms with van der Waals surface area (Å²) in [6.45, 7) is 7.47. The van der Waals surface area contributed by atoms with Gasteiger partial charge < -0.3 is 15.4 Å². The van der Waals surface area contributed by atoms with Crippen molar-refractivity contribution in [3.63, 3.8) is 0 Å². The molecule has 0 aliphatic rings. The fraction of sp³-hybridized carbons (Fsp3) is 0.500. The van der Waals surface area contributed by atoms with Crippen LogP contribution in [0.3, 0.4) is 0 Å². The predicted molar refractivity (Wildman–Crippen MR) is 82.2 cm³/mol. The summed E-state index contributed by atoms with van der Waals surface area (Å²) in [5, 5.41) is 14.6. The van der Waals surface area contributed by atoms with E-state index in [9.17, 15) is 10.1 Å². The molecule has 5 nitrogen and oxygen atoms in total. The van der Waals surface area contributed by atoms with Crippen molar-refractivity contribution in [2.24, 2.45) is 0 Å². The van der Waals surface area contributed by atoms with E-state index in [1.54, 1.807) is 7.05 Å². The van der Waals surface area contributed by atoms with Crippen LogP contribution in [0.5, 0.6) is 5.75 Å². The minimum atomic E-state index is -0.631. The number of nitrogens with one attached hydrogen (secondary N) is 2. The Hall–Kier alpha value is -2.22. The Morgan fingerprint density at radius 1 is 1.33 bits per heavy atom. The molecule has 21 heavy (non-hydrogen) atoms. The second-order valence-corrected chi connectivity index (χ2v) is 5.57. The van der Waals surface area contributed by atoms with E-state index in [4.69, 9.17) is 4.74 Å². The minimum absolute atomic E-state index is 0.164. The maximum atomic E-state index is 11.3. The molecule has 0 aliphatic carbocycles. The largest absolute Gasteiger partial charge is 0.488 e. The number of urea groups is 1. The van der Waals surface area contributed by atoms with Crippen molar-refractivity contribution in [2.45, 2.75) is 45.3 Å². The second-order valence-electron chi connectivity index (χ2n) is 5.57. The fourth-order valence-corrected chi connectivity index (χ4v) is 1.84. The van der Waals surface area contributed by atoms with Gasteiger partial charge in [0.15, 0.2) is 0 Å². The topological polar surface area (TPSA) is 74.2 Å². The summed E-state index contributed by atoms with van der Waals surface area (Å²) in [5.74, 6) is 0.669. The molecule has 1 rings (SSSR count). The maximum absolute atomic E-state index is 11.3. The Bertz CT molecular complexity index is 535. The number of nitriles is 1. The van der Waals surface area contributed by atoms with E-state index in [1.807, 2.05) is 52.0 Å². The van der Waals surface area contributed by atoms with Crippen molar-refractivity contribution >= 4 is 6.03 Å². The van der Waals surface area contributed by atoms with Crippen LogP contribution in [0, 0.1) is 11.3 Å². The van der Waals surface area contributed by atoms with Crippen molar-refractivity contribution in [2.75, 3.05) is 7.05 Å². The average Bonchev–Trinajstić information content (AvgIpc) is 2.47. The van der Waals surface area contributed by atoms with Gasteiger partial charge >= 0.3 is 6.03 Å². The van der Waals surface area contributed by atoms with Crippen molar-refractivity contribution in [1.29, 1.82) is 5.26 Å². The van der Waals surface area contributed by atoms with E-state index >= 15 is 0 Å². The fourth-order valence-electron chi connectivity index (χ4n) is 1.84. The number of nitrogens with zero attached hydrogens (tertiary/aromatic N) is 1. The first kappa shape index (κ1) is 16.8. The molecule has 2 unspecified atom stereocenters. The van der Waals surface area contributed by atoms with Crippen LogP contribution in [0.15, 0.2) is 24.3 Å². The minimum Gasteiger partial charge on any atom is -0.488 e. The normalized spacial score (nSPS) is 13.7. The summed E-state index contributed by atoms with van der Waals surface area (Å²) in [5.41, 5.74) is 0.208. The average molecular weight is 289 g/mol. The number of ether oxygens (including phenoxy) is 1. The lowest BCUT2D eigenvalue weighted by Crippen LogP contribution is -2.46. The van der Waals surface area contributed by atoms with E-state index in [0.29, 0.717) is 5.75 Å². The third-order valence-electron chi connectivity index (χ3n) is 3.44. The summed E-state index contributed by atoms with van der Waals surface area (Å²) in [7, 11) is 1.57. The molecular weight excluding hydrogens is 266 g/mol. The first-order chi connectivity index (χ1) is 9.81. The Morgan fingerprint density at radius 2 is 1.95 bits per heavy atom. The molecule has 0 radical (unpaired) electrons. The Kier molecular flexibility index (Phi) is 5.60. The molecular formula is C16H23N3O2. The smallest absolute Gasteiger partial charge is 0.314 e. The van der Waals surface area contributed by atoms with Crippen LogP contribution in [0.2, 0.25) is 0 Å². The molecule has 2 amide bonds. The van der Waals surface area contributed by atoms with E-state index in [2.05, 4.69) is 16.7 Å². The molecule has 5 heteroatoms. The van der Waals surface area contributed by atoms with Gasteiger partial charge in [-0.1, -0.05) is 18.2 Å². The van der Waals surface area contributed by atoms with Crippen molar-refractivity contribution in [1.82, 2.24) is 10.6 Å². The monoisotopic (exact) mass is 289 g/mol. The summed E-state index contributed by atoms with van der Waals surface area (Å²) in [6, 6.07) is 9.37. The highest BCUT2D eigenvalue weighted by Crippen LogP contribution is 2.31.